The van der Waals surface area contributed by atoms with Gasteiger partial charge in [0.15, 0.2) is 0 Å². The number of carbonyl (C=O) groups is 1. The Bertz CT molecular complexity index is 1250. The predicted octanol–water partition coefficient (Wildman–Crippen LogP) is 4.77. The van der Waals surface area contributed by atoms with E-state index in [2.05, 4.69) is 41.2 Å². The zero-order valence-electron chi connectivity index (χ0n) is 17.2. The van der Waals surface area contributed by atoms with Crippen LogP contribution >= 0.6 is 15.9 Å². The lowest BCUT2D eigenvalue weighted by Gasteiger charge is -2.68. The maximum Gasteiger partial charge on any atom is 0.522 e. The first-order valence-corrected chi connectivity index (χ1v) is 11.4. The largest absolute Gasteiger partial charge is 0.522 e. The number of alkyl halides is 3. The molecule has 7 nitrogen and oxygen atoms in total. The number of ether oxygens (including phenoxy) is 1. The van der Waals surface area contributed by atoms with Crippen LogP contribution in [0.3, 0.4) is 0 Å². The molecule has 4 saturated carbocycles. The Balaban J connectivity index is 1.06. The molecule has 0 saturated heterocycles. The fourth-order valence-electron chi connectivity index (χ4n) is 5.36. The highest BCUT2D eigenvalue weighted by molar-refractivity contribution is 9.10. The Labute approximate surface area is 194 Å². The molecular formula is C22H18BrF3N4O3. The highest BCUT2D eigenvalue weighted by atomic mass is 79.9. The van der Waals surface area contributed by atoms with Gasteiger partial charge in [0.2, 0.25) is 11.8 Å². The van der Waals surface area contributed by atoms with Gasteiger partial charge in [-0.3, -0.25) is 14.5 Å². The number of nitrogens with one attached hydrogen (secondary N) is 1. The molecule has 4 aliphatic rings. The van der Waals surface area contributed by atoms with Gasteiger partial charge in [0.05, 0.1) is 11.5 Å². The van der Waals surface area contributed by atoms with Crippen molar-refractivity contribution in [2.45, 2.75) is 61.4 Å². The minimum atomic E-state index is -4.63. The number of benzene rings is 1. The maximum atomic E-state index is 12.8. The number of fused-ring (bicyclic) bond motifs is 1. The molecular weight excluding hydrogens is 505 g/mol. The molecule has 0 radical (unpaired) electrons. The van der Waals surface area contributed by atoms with E-state index in [4.69, 9.17) is 4.42 Å². The quantitative estimate of drug-likeness (QED) is 0.519. The van der Waals surface area contributed by atoms with Crippen molar-refractivity contribution in [1.82, 2.24) is 20.5 Å². The fourth-order valence-corrected chi connectivity index (χ4v) is 5.73. The Hall–Kier alpha value is -2.53. The van der Waals surface area contributed by atoms with E-state index in [0.29, 0.717) is 36.7 Å². The smallest absolute Gasteiger partial charge is 0.424 e. The lowest BCUT2D eigenvalue weighted by molar-refractivity contribution is -0.352. The topological polar surface area (TPSA) is 90.1 Å². The minimum absolute atomic E-state index is 0.209. The molecule has 1 N–H and O–H groups in total. The third-order valence-corrected chi connectivity index (χ3v) is 7.46. The standard InChI is InChI=1S/C22H18BrF3N4O3/c23-14-2-1-11-6-16(27-7-13(11)3-14)17(31)28-21-8-20(9-21,10-21)19-30-29-18(32-19)12-4-15(5-12)33-22(24,25)26/h1-3,6-7,12,15H,4-5,8-10H2,(H,28,31). The van der Waals surface area contributed by atoms with Crippen LogP contribution in [0.25, 0.3) is 10.8 Å². The molecule has 4 aliphatic carbocycles. The second kappa shape index (κ2) is 6.99. The lowest BCUT2D eigenvalue weighted by atomic mass is 9.39. The van der Waals surface area contributed by atoms with Gasteiger partial charge in [-0.1, -0.05) is 22.0 Å². The summed E-state index contributed by atoms with van der Waals surface area (Å²) >= 11 is 3.42. The van der Waals surface area contributed by atoms with Crippen molar-refractivity contribution in [3.8, 4) is 0 Å². The zero-order chi connectivity index (χ0) is 23.0. The van der Waals surface area contributed by atoms with Gasteiger partial charge in [0, 0.05) is 27.5 Å². The van der Waals surface area contributed by atoms with E-state index in [1.54, 1.807) is 12.3 Å². The van der Waals surface area contributed by atoms with Crippen molar-refractivity contribution < 1.29 is 27.1 Å². The number of aromatic nitrogens is 3. The van der Waals surface area contributed by atoms with E-state index >= 15 is 0 Å². The van der Waals surface area contributed by atoms with E-state index in [0.717, 1.165) is 15.2 Å². The summed E-state index contributed by atoms with van der Waals surface area (Å²) in [5.74, 6) is 0.439. The molecule has 11 heteroatoms. The number of hydrogen-bond acceptors (Lipinski definition) is 6. The van der Waals surface area contributed by atoms with E-state index < -0.39 is 12.5 Å². The molecule has 4 fully saturated rings. The first kappa shape index (κ1) is 21.0. The van der Waals surface area contributed by atoms with E-state index in [9.17, 15) is 18.0 Å². The number of pyridine rings is 1. The lowest BCUT2D eigenvalue weighted by Crippen LogP contribution is -2.76. The molecule has 2 aromatic heterocycles. The van der Waals surface area contributed by atoms with E-state index in [1.807, 2.05) is 18.2 Å². The van der Waals surface area contributed by atoms with Gasteiger partial charge in [-0.05, 0) is 55.7 Å². The van der Waals surface area contributed by atoms with Crippen molar-refractivity contribution in [1.29, 1.82) is 0 Å². The van der Waals surface area contributed by atoms with Crippen molar-refractivity contribution in [3.63, 3.8) is 0 Å². The van der Waals surface area contributed by atoms with Crippen molar-refractivity contribution in [2.75, 3.05) is 0 Å². The second-order valence-electron chi connectivity index (χ2n) is 9.41. The molecule has 3 aromatic rings. The molecule has 2 heterocycles. The number of halogens is 4. The summed E-state index contributed by atoms with van der Waals surface area (Å²) in [6.07, 6.45) is -1.30. The summed E-state index contributed by atoms with van der Waals surface area (Å²) in [4.78, 5) is 17.1. The van der Waals surface area contributed by atoms with Crippen LogP contribution in [-0.2, 0) is 10.2 Å². The van der Waals surface area contributed by atoms with Crippen LogP contribution in [0, 0.1) is 0 Å². The molecule has 1 aromatic carbocycles. The zero-order valence-corrected chi connectivity index (χ0v) is 18.7. The number of nitrogens with zero attached hydrogens (tertiary/aromatic N) is 3. The SMILES string of the molecule is O=C(NC12CC(c3nnc(C4CC(OC(F)(F)F)C4)o3)(C1)C2)c1cc2ccc(Br)cc2cn1. The van der Waals surface area contributed by atoms with Crippen LogP contribution in [0.15, 0.2) is 39.4 Å². The van der Waals surface area contributed by atoms with E-state index in [1.165, 1.54) is 0 Å². The van der Waals surface area contributed by atoms with Gasteiger partial charge in [0.25, 0.3) is 5.91 Å². The summed E-state index contributed by atoms with van der Waals surface area (Å²) in [6.45, 7) is 0. The first-order valence-electron chi connectivity index (χ1n) is 10.6. The fraction of sp³-hybridized carbons (Fsp3) is 0.455. The summed E-state index contributed by atoms with van der Waals surface area (Å²) in [7, 11) is 0. The first-order chi connectivity index (χ1) is 15.6. The monoisotopic (exact) mass is 522 g/mol. The summed E-state index contributed by atoms with van der Waals surface area (Å²) in [5.41, 5.74) is -0.193. The van der Waals surface area contributed by atoms with Gasteiger partial charge >= 0.3 is 6.36 Å². The maximum absolute atomic E-state index is 12.8. The van der Waals surface area contributed by atoms with E-state index in [-0.39, 0.29) is 35.6 Å². The highest BCUT2D eigenvalue weighted by Gasteiger charge is 2.72. The summed E-state index contributed by atoms with van der Waals surface area (Å²) in [5, 5.41) is 13.2. The predicted molar refractivity (Wildman–Crippen MR) is 112 cm³/mol. The van der Waals surface area contributed by atoms with Crippen LogP contribution in [0.5, 0.6) is 0 Å². The Morgan fingerprint density at radius 1 is 1.15 bits per heavy atom. The van der Waals surface area contributed by atoms with Crippen molar-refractivity contribution in [3.05, 3.63) is 52.4 Å². The third kappa shape index (κ3) is 3.61. The molecule has 7 rings (SSSR count). The van der Waals surface area contributed by atoms with Gasteiger partial charge < -0.3 is 9.73 Å². The molecule has 0 spiro atoms. The van der Waals surface area contributed by atoms with Crippen LogP contribution in [-0.4, -0.2) is 39.1 Å². The van der Waals surface area contributed by atoms with Crippen LogP contribution in [0.4, 0.5) is 13.2 Å². The van der Waals surface area contributed by atoms with Crippen LogP contribution in [0.2, 0.25) is 0 Å². The Morgan fingerprint density at radius 3 is 2.64 bits per heavy atom. The average molecular weight is 523 g/mol. The number of carbonyl (C=O) groups excluding carboxylic acids is 1. The van der Waals surface area contributed by atoms with Crippen LogP contribution in [0.1, 0.15) is 60.3 Å². The molecule has 172 valence electrons. The molecule has 0 aliphatic heterocycles. The molecule has 1 amide bonds. The summed E-state index contributed by atoms with van der Waals surface area (Å²) < 4.78 is 47.6. The minimum Gasteiger partial charge on any atom is -0.424 e. The van der Waals surface area contributed by atoms with Gasteiger partial charge in [-0.2, -0.15) is 0 Å². The highest BCUT2D eigenvalue weighted by Crippen LogP contribution is 2.67. The van der Waals surface area contributed by atoms with Crippen molar-refractivity contribution in [2.24, 2.45) is 0 Å². The second-order valence-corrected chi connectivity index (χ2v) is 10.3. The Kier molecular flexibility index (Phi) is 4.45. The van der Waals surface area contributed by atoms with Gasteiger partial charge in [-0.25, -0.2) is 0 Å². The van der Waals surface area contributed by atoms with Crippen molar-refractivity contribution >= 4 is 32.6 Å². The third-order valence-electron chi connectivity index (χ3n) is 6.96. The molecule has 0 unspecified atom stereocenters. The average Bonchev–Trinajstić information content (AvgIpc) is 3.13. The molecule has 0 atom stereocenters. The van der Waals surface area contributed by atoms with Gasteiger partial charge in [0.1, 0.15) is 5.69 Å². The molecule has 2 bridgehead atoms. The Morgan fingerprint density at radius 2 is 1.91 bits per heavy atom. The number of hydrogen-bond donors (Lipinski definition) is 1. The number of amides is 1. The summed E-state index contributed by atoms with van der Waals surface area (Å²) in [6, 6.07) is 7.57. The van der Waals surface area contributed by atoms with Crippen LogP contribution < -0.4 is 5.32 Å². The number of rotatable bonds is 5. The normalized spacial score (nSPS) is 30.3. The molecule has 33 heavy (non-hydrogen) atoms. The van der Waals surface area contributed by atoms with Gasteiger partial charge in [-0.15, -0.1) is 23.4 Å².